The molecule has 2 aromatic carbocycles. The van der Waals surface area contributed by atoms with Crippen LogP contribution in [0, 0.1) is 23.2 Å². The number of rotatable bonds is 6. The van der Waals surface area contributed by atoms with Gasteiger partial charge in [0.15, 0.2) is 0 Å². The minimum absolute atomic E-state index is 0.430. The topological polar surface area (TPSA) is 9.23 Å². The first-order chi connectivity index (χ1) is 13.2. The van der Waals surface area contributed by atoms with E-state index in [2.05, 4.69) is 72.9 Å². The Bertz CT molecular complexity index is 723. The summed E-state index contributed by atoms with van der Waals surface area (Å²) in [6, 6.07) is 21.7. The Morgan fingerprint density at radius 3 is 1.67 bits per heavy atom. The van der Waals surface area contributed by atoms with Crippen molar-refractivity contribution in [2.24, 2.45) is 23.2 Å². The van der Waals surface area contributed by atoms with E-state index >= 15 is 0 Å². The summed E-state index contributed by atoms with van der Waals surface area (Å²) in [6.45, 7) is 5.20. The van der Waals surface area contributed by atoms with Crippen LogP contribution >= 0.6 is 0 Å². The molecule has 27 heavy (non-hydrogen) atoms. The van der Waals surface area contributed by atoms with Crippen molar-refractivity contribution in [2.75, 3.05) is 6.61 Å². The average Bonchev–Trinajstić information content (AvgIpc) is 2.69. The highest BCUT2D eigenvalue weighted by Gasteiger charge is 2.52. The van der Waals surface area contributed by atoms with Crippen LogP contribution in [0.15, 0.2) is 72.9 Å². The van der Waals surface area contributed by atoms with Crippen LogP contribution in [-0.4, -0.2) is 14.9 Å². The van der Waals surface area contributed by atoms with Crippen molar-refractivity contribution < 1.29 is 4.43 Å². The molecule has 0 aliphatic heterocycles. The van der Waals surface area contributed by atoms with Gasteiger partial charge in [-0.3, -0.25) is 0 Å². The van der Waals surface area contributed by atoms with E-state index in [4.69, 9.17) is 4.43 Å². The molecule has 4 bridgehead atoms. The Morgan fingerprint density at radius 2 is 1.26 bits per heavy atom. The number of hydrogen-bond acceptors (Lipinski definition) is 1. The smallest absolute Gasteiger partial charge is 0.280 e. The second kappa shape index (κ2) is 6.75. The molecule has 0 N–H and O–H groups in total. The molecule has 4 aliphatic carbocycles. The van der Waals surface area contributed by atoms with E-state index in [0.717, 1.165) is 24.4 Å². The third-order valence-corrected chi connectivity index (χ3v) is 11.0. The second-order valence-corrected chi connectivity index (χ2v) is 12.7. The normalized spacial score (nSPS) is 31.8. The van der Waals surface area contributed by atoms with Gasteiger partial charge in [-0.25, -0.2) is 0 Å². The second-order valence-electron chi connectivity index (χ2n) is 9.38. The zero-order chi connectivity index (χ0) is 18.3. The van der Waals surface area contributed by atoms with Gasteiger partial charge in [-0.05, 0) is 72.1 Å². The molecule has 0 spiro atoms. The van der Waals surface area contributed by atoms with Crippen molar-refractivity contribution in [2.45, 2.75) is 38.5 Å². The van der Waals surface area contributed by atoms with Crippen LogP contribution in [-0.2, 0) is 4.43 Å². The van der Waals surface area contributed by atoms with Crippen molar-refractivity contribution >= 4 is 18.7 Å². The van der Waals surface area contributed by atoms with Crippen LogP contribution in [0.25, 0.3) is 0 Å². The lowest BCUT2D eigenvalue weighted by Crippen LogP contribution is -2.61. The molecule has 0 aromatic heterocycles. The van der Waals surface area contributed by atoms with Gasteiger partial charge >= 0.3 is 0 Å². The molecule has 6 rings (SSSR count). The van der Waals surface area contributed by atoms with Crippen LogP contribution in [0.5, 0.6) is 0 Å². The van der Waals surface area contributed by atoms with Gasteiger partial charge in [-0.1, -0.05) is 66.4 Å². The predicted molar refractivity (Wildman–Crippen MR) is 115 cm³/mol. The third-order valence-electron chi connectivity index (χ3n) is 7.46. The summed E-state index contributed by atoms with van der Waals surface area (Å²) in [7, 11) is -2.41. The van der Waals surface area contributed by atoms with Crippen LogP contribution in [0.1, 0.15) is 38.5 Å². The third kappa shape index (κ3) is 3.03. The largest absolute Gasteiger partial charge is 0.404 e. The first-order valence-electron chi connectivity index (χ1n) is 10.6. The molecule has 0 saturated heterocycles. The molecule has 140 valence electrons. The number of benzene rings is 2. The molecule has 0 atom stereocenters. The van der Waals surface area contributed by atoms with Gasteiger partial charge in [-0.15, -0.1) is 6.58 Å². The van der Waals surface area contributed by atoms with E-state index in [1.165, 1.54) is 48.9 Å². The SMILES string of the molecule is C=C[Si](OCC12CC3CC(CC(C3)C1)C2)(c1ccccc1)c1ccccc1. The summed E-state index contributed by atoms with van der Waals surface area (Å²) in [5.74, 6) is 2.90. The summed E-state index contributed by atoms with van der Waals surface area (Å²) in [6.07, 6.45) is 8.64. The fourth-order valence-electron chi connectivity index (χ4n) is 6.73. The fraction of sp³-hybridized carbons (Fsp3) is 0.440. The highest BCUT2D eigenvalue weighted by molar-refractivity contribution is 7.01. The van der Waals surface area contributed by atoms with Crippen molar-refractivity contribution in [3.05, 3.63) is 72.9 Å². The van der Waals surface area contributed by atoms with Gasteiger partial charge in [0.05, 0.1) is 0 Å². The number of hydrogen-bond donors (Lipinski definition) is 0. The van der Waals surface area contributed by atoms with E-state index in [0.29, 0.717) is 5.41 Å². The van der Waals surface area contributed by atoms with E-state index < -0.39 is 8.32 Å². The maximum atomic E-state index is 7.06. The van der Waals surface area contributed by atoms with Gasteiger partial charge in [0.25, 0.3) is 8.32 Å². The minimum atomic E-state index is -2.41. The van der Waals surface area contributed by atoms with Crippen molar-refractivity contribution in [1.29, 1.82) is 0 Å². The van der Waals surface area contributed by atoms with Gasteiger partial charge in [0, 0.05) is 6.61 Å². The van der Waals surface area contributed by atoms with Crippen molar-refractivity contribution in [1.82, 2.24) is 0 Å². The van der Waals surface area contributed by atoms with Crippen LogP contribution < -0.4 is 10.4 Å². The van der Waals surface area contributed by atoms with Gasteiger partial charge in [0.1, 0.15) is 0 Å². The summed E-state index contributed by atoms with van der Waals surface area (Å²) in [4.78, 5) is 0. The monoisotopic (exact) mass is 374 g/mol. The zero-order valence-electron chi connectivity index (χ0n) is 16.1. The lowest BCUT2D eigenvalue weighted by Gasteiger charge is -2.57. The molecule has 0 heterocycles. The standard InChI is InChI=1S/C25H30OSi/c1-2-27(23-9-5-3-6-10-23,24-11-7-4-8-12-24)26-19-25-16-20-13-21(17-25)15-22(14-20)18-25/h2-12,20-22H,1,13-19H2. The van der Waals surface area contributed by atoms with E-state index in [1.807, 2.05) is 0 Å². The summed E-state index contributed by atoms with van der Waals surface area (Å²) in [5.41, 5.74) is 2.58. The quantitative estimate of drug-likeness (QED) is 0.666. The molecule has 4 fully saturated rings. The molecule has 0 amide bonds. The first-order valence-corrected chi connectivity index (χ1v) is 12.6. The first kappa shape index (κ1) is 17.5. The van der Waals surface area contributed by atoms with Crippen LogP contribution in [0.3, 0.4) is 0 Å². The molecule has 1 nitrogen and oxygen atoms in total. The maximum absolute atomic E-state index is 7.06. The zero-order valence-corrected chi connectivity index (χ0v) is 17.1. The van der Waals surface area contributed by atoms with Gasteiger partial charge in [0.2, 0.25) is 0 Å². The molecule has 0 unspecified atom stereocenters. The Balaban J connectivity index is 1.48. The summed E-state index contributed by atoms with van der Waals surface area (Å²) in [5, 5.41) is 2.63. The molecular weight excluding hydrogens is 344 g/mol. The Labute approximate surface area is 164 Å². The molecule has 2 aromatic rings. The molecule has 4 aliphatic rings. The average molecular weight is 375 g/mol. The van der Waals surface area contributed by atoms with Crippen LogP contribution in [0.4, 0.5) is 0 Å². The van der Waals surface area contributed by atoms with E-state index in [1.54, 1.807) is 0 Å². The van der Waals surface area contributed by atoms with E-state index in [-0.39, 0.29) is 0 Å². The fourth-order valence-corrected chi connectivity index (χ4v) is 9.90. The van der Waals surface area contributed by atoms with Crippen LogP contribution in [0.2, 0.25) is 0 Å². The summed E-state index contributed by atoms with van der Waals surface area (Å²) >= 11 is 0. The van der Waals surface area contributed by atoms with Crippen molar-refractivity contribution in [3.63, 3.8) is 0 Å². The van der Waals surface area contributed by atoms with Gasteiger partial charge < -0.3 is 4.43 Å². The molecule has 4 saturated carbocycles. The minimum Gasteiger partial charge on any atom is -0.404 e. The molecule has 2 heteroatoms. The lowest BCUT2D eigenvalue weighted by molar-refractivity contribution is -0.0753. The van der Waals surface area contributed by atoms with E-state index in [9.17, 15) is 0 Å². The Kier molecular flexibility index (Phi) is 4.37. The Hall–Kier alpha value is -1.64. The van der Waals surface area contributed by atoms with Crippen molar-refractivity contribution in [3.8, 4) is 0 Å². The highest BCUT2D eigenvalue weighted by atomic mass is 28.4. The molecule has 0 radical (unpaired) electrons. The molecular formula is C25H30OSi. The maximum Gasteiger partial charge on any atom is 0.280 e. The summed E-state index contributed by atoms with van der Waals surface area (Å²) < 4.78 is 7.06. The lowest BCUT2D eigenvalue weighted by atomic mass is 9.50. The highest BCUT2D eigenvalue weighted by Crippen LogP contribution is 2.60. The predicted octanol–water partition coefficient (Wildman–Crippen LogP) is 4.70. The Morgan fingerprint density at radius 1 is 0.815 bits per heavy atom. The van der Waals surface area contributed by atoms with Gasteiger partial charge in [-0.2, -0.15) is 0 Å².